The van der Waals surface area contributed by atoms with E-state index in [2.05, 4.69) is 24.4 Å². The van der Waals surface area contributed by atoms with Gasteiger partial charge in [0, 0.05) is 11.1 Å². The summed E-state index contributed by atoms with van der Waals surface area (Å²) in [4.78, 5) is 12.2. The molecule has 0 radical (unpaired) electrons. The second-order valence-corrected chi connectivity index (χ2v) is 5.98. The van der Waals surface area contributed by atoms with Gasteiger partial charge in [-0.2, -0.15) is 5.10 Å². The normalized spacial score (nSPS) is 11.4. The van der Waals surface area contributed by atoms with Crippen molar-refractivity contribution in [2.45, 2.75) is 26.7 Å². The van der Waals surface area contributed by atoms with Crippen LogP contribution in [-0.2, 0) is 0 Å². The highest BCUT2D eigenvalue weighted by atomic mass is 16.5. The zero-order valence-electron chi connectivity index (χ0n) is 15.3. The Hall–Kier alpha value is -2.82. The third-order valence-corrected chi connectivity index (χ3v) is 3.97. The molecule has 0 saturated carbocycles. The van der Waals surface area contributed by atoms with Gasteiger partial charge in [-0.1, -0.05) is 26.0 Å². The Kier molecular flexibility index (Phi) is 6.17. The monoisotopic (exact) mass is 340 g/mol. The van der Waals surface area contributed by atoms with Crippen molar-refractivity contribution in [1.29, 1.82) is 0 Å². The van der Waals surface area contributed by atoms with Crippen LogP contribution in [0.3, 0.4) is 0 Å². The van der Waals surface area contributed by atoms with Crippen molar-refractivity contribution in [3.05, 3.63) is 59.2 Å². The Morgan fingerprint density at radius 2 is 1.56 bits per heavy atom. The maximum atomic E-state index is 12.2. The molecule has 2 aromatic rings. The Morgan fingerprint density at radius 1 is 0.960 bits per heavy atom. The standard InChI is InChI=1S/C20H24N2O3/c1-13(2)15-6-8-16(9-7-15)20(23)22-21-14(3)17-10-11-18(24-4)19(12-17)25-5/h6-13H,1-5H3,(H,22,23). The third kappa shape index (κ3) is 4.59. The second-order valence-electron chi connectivity index (χ2n) is 5.98. The maximum Gasteiger partial charge on any atom is 0.271 e. The van der Waals surface area contributed by atoms with Crippen LogP contribution in [0, 0.1) is 0 Å². The van der Waals surface area contributed by atoms with Crippen LogP contribution in [0.25, 0.3) is 0 Å². The summed E-state index contributed by atoms with van der Waals surface area (Å²) >= 11 is 0. The van der Waals surface area contributed by atoms with E-state index in [1.54, 1.807) is 20.3 Å². The van der Waals surface area contributed by atoms with Crippen LogP contribution < -0.4 is 14.9 Å². The molecule has 1 N–H and O–H groups in total. The second kappa shape index (κ2) is 8.33. The molecule has 0 aliphatic rings. The first-order valence-corrected chi connectivity index (χ1v) is 8.13. The fraction of sp³-hybridized carbons (Fsp3) is 0.300. The average Bonchev–Trinajstić information content (AvgIpc) is 2.65. The summed E-state index contributed by atoms with van der Waals surface area (Å²) in [5.74, 6) is 1.45. The van der Waals surface area contributed by atoms with Crippen LogP contribution in [0.15, 0.2) is 47.6 Å². The highest BCUT2D eigenvalue weighted by Crippen LogP contribution is 2.27. The number of nitrogens with zero attached hydrogens (tertiary/aromatic N) is 1. The van der Waals surface area contributed by atoms with Crippen molar-refractivity contribution in [2.24, 2.45) is 5.10 Å². The number of methoxy groups -OCH3 is 2. The lowest BCUT2D eigenvalue weighted by atomic mass is 10.0. The van der Waals surface area contributed by atoms with Crippen molar-refractivity contribution < 1.29 is 14.3 Å². The lowest BCUT2D eigenvalue weighted by Crippen LogP contribution is -2.19. The van der Waals surface area contributed by atoms with Crippen LogP contribution in [0.4, 0.5) is 0 Å². The Balaban J connectivity index is 2.11. The molecule has 2 rings (SSSR count). The van der Waals surface area contributed by atoms with Gasteiger partial charge in [-0.3, -0.25) is 4.79 Å². The molecular formula is C20H24N2O3. The quantitative estimate of drug-likeness (QED) is 0.639. The van der Waals surface area contributed by atoms with E-state index in [9.17, 15) is 4.79 Å². The number of carbonyl (C=O) groups is 1. The molecule has 5 heteroatoms. The highest BCUT2D eigenvalue weighted by molar-refractivity contribution is 6.01. The predicted octanol–water partition coefficient (Wildman–Crippen LogP) is 3.98. The summed E-state index contributed by atoms with van der Waals surface area (Å²) in [6.45, 7) is 6.06. The smallest absolute Gasteiger partial charge is 0.271 e. The molecule has 0 aromatic heterocycles. The molecule has 0 aliphatic carbocycles. The molecule has 0 spiro atoms. The maximum absolute atomic E-state index is 12.2. The van der Waals surface area contributed by atoms with E-state index in [1.807, 2.05) is 43.3 Å². The van der Waals surface area contributed by atoms with Crippen molar-refractivity contribution in [3.8, 4) is 11.5 Å². The van der Waals surface area contributed by atoms with Crippen LogP contribution in [0.1, 0.15) is 48.2 Å². The minimum absolute atomic E-state index is 0.241. The van der Waals surface area contributed by atoms with E-state index in [0.29, 0.717) is 28.7 Å². The molecule has 5 nitrogen and oxygen atoms in total. The van der Waals surface area contributed by atoms with Crippen molar-refractivity contribution >= 4 is 11.6 Å². The summed E-state index contributed by atoms with van der Waals surface area (Å²) in [6, 6.07) is 13.0. The predicted molar refractivity (Wildman–Crippen MR) is 99.8 cm³/mol. The molecule has 0 atom stereocenters. The minimum Gasteiger partial charge on any atom is -0.493 e. The Bertz CT molecular complexity index is 765. The van der Waals surface area contributed by atoms with Gasteiger partial charge in [-0.05, 0) is 48.7 Å². The number of benzene rings is 2. The largest absolute Gasteiger partial charge is 0.493 e. The van der Waals surface area contributed by atoms with Crippen LogP contribution >= 0.6 is 0 Å². The number of hydrogen-bond acceptors (Lipinski definition) is 4. The first-order valence-electron chi connectivity index (χ1n) is 8.13. The van der Waals surface area contributed by atoms with E-state index >= 15 is 0 Å². The van der Waals surface area contributed by atoms with Gasteiger partial charge in [-0.15, -0.1) is 0 Å². The molecule has 0 fully saturated rings. The molecule has 0 bridgehead atoms. The Morgan fingerprint density at radius 3 is 2.12 bits per heavy atom. The van der Waals surface area contributed by atoms with E-state index in [4.69, 9.17) is 9.47 Å². The fourth-order valence-electron chi connectivity index (χ4n) is 2.34. The topological polar surface area (TPSA) is 59.9 Å². The molecule has 132 valence electrons. The molecule has 2 aromatic carbocycles. The van der Waals surface area contributed by atoms with Crippen molar-refractivity contribution in [2.75, 3.05) is 14.2 Å². The summed E-state index contributed by atoms with van der Waals surface area (Å²) in [5, 5.41) is 4.18. The number of hydrogen-bond donors (Lipinski definition) is 1. The van der Waals surface area contributed by atoms with Gasteiger partial charge in [0.1, 0.15) is 0 Å². The van der Waals surface area contributed by atoms with Gasteiger partial charge in [0.2, 0.25) is 0 Å². The number of amides is 1. The van der Waals surface area contributed by atoms with Gasteiger partial charge >= 0.3 is 0 Å². The molecule has 0 aliphatic heterocycles. The van der Waals surface area contributed by atoms with Crippen molar-refractivity contribution in [1.82, 2.24) is 5.43 Å². The van der Waals surface area contributed by atoms with Gasteiger partial charge in [0.25, 0.3) is 5.91 Å². The van der Waals surface area contributed by atoms with Crippen LogP contribution in [-0.4, -0.2) is 25.8 Å². The summed E-state index contributed by atoms with van der Waals surface area (Å²) in [6.07, 6.45) is 0. The zero-order chi connectivity index (χ0) is 18.4. The average molecular weight is 340 g/mol. The van der Waals surface area contributed by atoms with E-state index in [-0.39, 0.29) is 5.91 Å². The molecule has 25 heavy (non-hydrogen) atoms. The lowest BCUT2D eigenvalue weighted by Gasteiger charge is -2.10. The first-order chi connectivity index (χ1) is 12.0. The zero-order valence-corrected chi connectivity index (χ0v) is 15.3. The number of ether oxygens (including phenoxy) is 2. The number of nitrogens with one attached hydrogen (secondary N) is 1. The highest BCUT2D eigenvalue weighted by Gasteiger charge is 2.08. The summed E-state index contributed by atoms with van der Waals surface area (Å²) < 4.78 is 10.5. The number of rotatable bonds is 6. The summed E-state index contributed by atoms with van der Waals surface area (Å²) in [5.41, 5.74) is 5.88. The van der Waals surface area contributed by atoms with E-state index in [0.717, 1.165) is 5.56 Å². The lowest BCUT2D eigenvalue weighted by molar-refractivity contribution is 0.0955. The molecule has 0 heterocycles. The molecule has 0 unspecified atom stereocenters. The Labute approximate surface area is 148 Å². The van der Waals surface area contributed by atoms with Gasteiger partial charge in [0.05, 0.1) is 19.9 Å². The third-order valence-electron chi connectivity index (χ3n) is 3.97. The van der Waals surface area contributed by atoms with Crippen LogP contribution in [0.5, 0.6) is 11.5 Å². The fourth-order valence-corrected chi connectivity index (χ4v) is 2.34. The van der Waals surface area contributed by atoms with Gasteiger partial charge in [0.15, 0.2) is 11.5 Å². The van der Waals surface area contributed by atoms with Gasteiger partial charge < -0.3 is 9.47 Å². The number of hydrazone groups is 1. The van der Waals surface area contributed by atoms with E-state index < -0.39 is 0 Å². The molecule has 0 saturated heterocycles. The van der Waals surface area contributed by atoms with Crippen LogP contribution in [0.2, 0.25) is 0 Å². The van der Waals surface area contributed by atoms with E-state index in [1.165, 1.54) is 5.56 Å². The van der Waals surface area contributed by atoms with Gasteiger partial charge in [-0.25, -0.2) is 5.43 Å². The first kappa shape index (κ1) is 18.5. The molecular weight excluding hydrogens is 316 g/mol. The van der Waals surface area contributed by atoms with Crippen molar-refractivity contribution in [3.63, 3.8) is 0 Å². The minimum atomic E-state index is -0.241. The SMILES string of the molecule is COc1ccc(C(C)=NNC(=O)c2ccc(C(C)C)cc2)cc1OC. The number of carbonyl (C=O) groups excluding carboxylic acids is 1. The molecule has 1 amide bonds. The summed E-state index contributed by atoms with van der Waals surface area (Å²) in [7, 11) is 3.17.